The zero-order valence-corrected chi connectivity index (χ0v) is 98.3. The van der Waals surface area contributed by atoms with E-state index in [2.05, 4.69) is 276 Å². The van der Waals surface area contributed by atoms with E-state index in [0.717, 1.165) is 50.6 Å². The van der Waals surface area contributed by atoms with Crippen molar-refractivity contribution >= 4 is 66.2 Å². The van der Waals surface area contributed by atoms with Gasteiger partial charge in [-0.1, -0.05) is 346 Å². The average molecular weight is 2550 g/mol. The van der Waals surface area contributed by atoms with Gasteiger partial charge in [-0.2, -0.15) is 0 Å². The molecule has 12 aromatic rings. The van der Waals surface area contributed by atoms with Crippen molar-refractivity contribution in [3.63, 3.8) is 0 Å². The summed E-state index contributed by atoms with van der Waals surface area (Å²) in [4.78, 5) is 64.6. The molecule has 0 saturated heterocycles. The summed E-state index contributed by atoms with van der Waals surface area (Å²) in [6, 6.07) is 56.4. The van der Waals surface area contributed by atoms with Gasteiger partial charge in [0.1, 0.15) is 23.0 Å². The van der Waals surface area contributed by atoms with Gasteiger partial charge < -0.3 is 40.4 Å². The summed E-state index contributed by atoms with van der Waals surface area (Å²) < 4.78 is 0. The Balaban J connectivity index is 0.000000781. The number of aryl methyl sites for hydroxylation is 12. The van der Waals surface area contributed by atoms with E-state index >= 15 is 0 Å². The van der Waals surface area contributed by atoms with Crippen LogP contribution in [0.4, 0.5) is 0 Å². The van der Waals surface area contributed by atoms with Crippen LogP contribution in [0.25, 0.3) is 88.1 Å². The quantitative estimate of drug-likeness (QED) is 0.0638. The summed E-state index contributed by atoms with van der Waals surface area (Å²) in [5.74, 6) is 0.416. The SMILES string of the molecule is CC(C)(C)C(=O)C=C(O)C(C)(C)C.CC(C)(C)C(=O)C=C(O)C(C)(C)C.CC(C)(C)C(=O)C=C(O)C(C)(C)C.CC(C)(C)C(=O)C=C(O)C(C)(C)C.Cc1[c-]c(-c2ncc(C)c3ccccc23)c(C)c(C)c1.Cc1[c-]c(-c2ncc(C)c3ccccc23)c(C)cc1C.Cc1[c-]c(-c2ncc(C)c3ccccc23)cc(C)c1C.Cc1c[c-]c(-c2ncc(C)c3ccccc23)c(C)c1C.[Ir].[Ir].[Ir].[Ir]. The first kappa shape index (κ1) is 125. The Morgan fingerprint density at radius 3 is 0.824 bits per heavy atom. The molecule has 4 heterocycles. The number of aliphatic hydroxyl groups excluding tert-OH is 4. The van der Waals surface area contributed by atoms with Crippen molar-refractivity contribution in [2.45, 2.75) is 277 Å². The van der Waals surface area contributed by atoms with Crippen LogP contribution in [0.1, 0.15) is 255 Å². The number of fused-ring (bicyclic) bond motifs is 4. The predicted octanol–water partition coefficient (Wildman–Crippen LogP) is 32.1. The molecule has 0 amide bonds. The molecule has 4 N–H and O–H groups in total. The molecule has 0 unspecified atom stereocenters. The van der Waals surface area contributed by atoms with Crippen LogP contribution < -0.4 is 0 Å². The van der Waals surface area contributed by atoms with Crippen LogP contribution in [0.3, 0.4) is 0 Å². The number of hydrogen-bond acceptors (Lipinski definition) is 12. The molecule has 0 spiro atoms. The third kappa shape index (κ3) is 35.6. The number of hydrogen-bond donors (Lipinski definition) is 4. The third-order valence-corrected chi connectivity index (χ3v) is 23.3. The first-order valence-corrected chi connectivity index (χ1v) is 45.7. The van der Waals surface area contributed by atoms with E-state index < -0.39 is 21.7 Å². The second kappa shape index (κ2) is 51.7. The molecule has 4 radical (unpaired) electrons. The second-order valence-corrected chi connectivity index (χ2v) is 43.4. The second-order valence-electron chi connectivity index (χ2n) is 43.4. The van der Waals surface area contributed by atoms with Gasteiger partial charge in [-0.3, -0.25) is 19.2 Å². The fourth-order valence-corrected chi connectivity index (χ4v) is 12.9. The molecular weight excluding hydrogens is 2390 g/mol. The van der Waals surface area contributed by atoms with E-state index in [-0.39, 0.29) is 148 Å². The fraction of sp³-hybridized carbons (Fsp3) is 0.400. The van der Waals surface area contributed by atoms with E-state index in [9.17, 15) is 39.6 Å². The van der Waals surface area contributed by atoms with E-state index in [4.69, 9.17) is 0 Å². The molecular formula is C120H152Ir4N4O8-4. The van der Waals surface area contributed by atoms with Gasteiger partial charge in [0.05, 0.1) is 0 Å². The van der Waals surface area contributed by atoms with Crippen LogP contribution in [-0.4, -0.2) is 63.5 Å². The standard InChI is InChI=1S/4C19H18N.4C11H20O2.4Ir/c1-12-9-16(10-13(2)15(12)4)19-18-8-6-5-7-17(18)14(3)11-20-19;1-12-9-14(3)18(10-13(12)2)19-17-8-6-5-7-16(17)15(4)11-20-19;1-12-9-13(2)15(4)18(10-12)19-17-8-6-5-7-16(17)14(3)11-20-19;1-12-9-10-17(15(4)14(12)3)19-18-8-6-5-7-16(18)13(2)11-20-19;4*1-10(2,3)8(12)7-9(13)11(4,5)6;;;;/h4*5-9,11H,1-4H3;4*7,12H,1-6H3;;;;/q4*-1;;;;;;;;. The average Bonchev–Trinajstić information content (AvgIpc) is 0.780. The Morgan fingerprint density at radius 2 is 0.529 bits per heavy atom. The zero-order chi connectivity index (χ0) is 101. The summed E-state index contributed by atoms with van der Waals surface area (Å²) in [6.45, 7) is 78.5. The Bertz CT molecular complexity index is 5990. The van der Waals surface area contributed by atoms with Crippen molar-refractivity contribution in [3.05, 3.63) is 307 Å². The van der Waals surface area contributed by atoms with Crippen LogP contribution in [0.5, 0.6) is 0 Å². The molecule has 0 aliphatic carbocycles. The molecule has 16 heteroatoms. The monoisotopic (exact) mass is 2550 g/mol. The van der Waals surface area contributed by atoms with Gasteiger partial charge in [0.2, 0.25) is 0 Å². The fourth-order valence-electron chi connectivity index (χ4n) is 12.9. The number of aliphatic hydroxyl groups is 4. The molecule has 0 aliphatic rings. The summed E-state index contributed by atoms with van der Waals surface area (Å²) in [5, 5.41) is 48.1. The van der Waals surface area contributed by atoms with Crippen molar-refractivity contribution in [1.29, 1.82) is 0 Å². The molecule has 4 aromatic heterocycles. The molecule has 740 valence electrons. The smallest absolute Gasteiger partial charge is 0.164 e. The maximum atomic E-state index is 11.5. The first-order chi connectivity index (χ1) is 60.5. The van der Waals surface area contributed by atoms with E-state index in [1.807, 2.05) is 191 Å². The van der Waals surface area contributed by atoms with Crippen LogP contribution >= 0.6 is 0 Å². The summed E-state index contributed by atoms with van der Waals surface area (Å²) in [5.41, 5.74) is 25.5. The Labute approximate surface area is 870 Å². The van der Waals surface area contributed by atoms with Gasteiger partial charge in [0.25, 0.3) is 0 Å². The number of carbonyl (C=O) groups is 4. The summed E-state index contributed by atoms with van der Waals surface area (Å²) in [6.07, 6.45) is 13.2. The molecule has 136 heavy (non-hydrogen) atoms. The van der Waals surface area contributed by atoms with E-state index in [1.54, 1.807) is 0 Å². The maximum absolute atomic E-state index is 11.5. The molecule has 0 aliphatic heterocycles. The van der Waals surface area contributed by atoms with Gasteiger partial charge in [0, 0.05) is 173 Å². The van der Waals surface area contributed by atoms with E-state index in [0.29, 0.717) is 0 Å². The zero-order valence-electron chi connectivity index (χ0n) is 88.7. The van der Waals surface area contributed by atoms with E-state index in [1.165, 1.54) is 151 Å². The van der Waals surface area contributed by atoms with Gasteiger partial charge >= 0.3 is 0 Å². The minimum Gasteiger partial charge on any atom is -0.512 e. The van der Waals surface area contributed by atoms with Crippen LogP contribution in [-0.2, 0) is 99.6 Å². The normalized spacial score (nSPS) is 12.0. The topological polar surface area (TPSA) is 201 Å². The number of carbonyl (C=O) groups excluding carboxylic acids is 4. The van der Waals surface area contributed by atoms with Crippen molar-refractivity contribution < 1.29 is 120 Å². The Morgan fingerprint density at radius 1 is 0.257 bits per heavy atom. The molecule has 8 aromatic carbocycles. The minimum atomic E-state index is -0.417. The van der Waals surface area contributed by atoms with Crippen LogP contribution in [0.2, 0.25) is 0 Å². The molecule has 12 rings (SSSR count). The predicted molar refractivity (Wildman–Crippen MR) is 558 cm³/mol. The molecule has 0 atom stereocenters. The molecule has 0 bridgehead atoms. The number of aromatic nitrogens is 4. The number of nitrogens with zero attached hydrogens (tertiary/aromatic N) is 4. The number of rotatable bonds is 8. The Hall–Kier alpha value is -9.16. The molecule has 12 nitrogen and oxygen atoms in total. The molecule has 0 fully saturated rings. The van der Waals surface area contributed by atoms with Gasteiger partial charge in [0.15, 0.2) is 23.1 Å². The third-order valence-electron chi connectivity index (χ3n) is 23.3. The summed E-state index contributed by atoms with van der Waals surface area (Å²) in [7, 11) is 0. The van der Waals surface area contributed by atoms with Crippen molar-refractivity contribution in [1.82, 2.24) is 19.9 Å². The van der Waals surface area contributed by atoms with Crippen molar-refractivity contribution in [2.75, 3.05) is 0 Å². The molecule has 0 saturated carbocycles. The first-order valence-electron chi connectivity index (χ1n) is 45.7. The number of benzene rings is 8. The van der Waals surface area contributed by atoms with Crippen molar-refractivity contribution in [2.24, 2.45) is 43.3 Å². The number of allylic oxidation sites excluding steroid dienone is 8. The Kier molecular flexibility index (Phi) is 47.4. The number of pyridine rings is 4. The summed E-state index contributed by atoms with van der Waals surface area (Å²) >= 11 is 0. The van der Waals surface area contributed by atoms with Crippen LogP contribution in [0.15, 0.2) is 193 Å². The van der Waals surface area contributed by atoms with Gasteiger partial charge in [-0.15, -0.1) is 138 Å². The van der Waals surface area contributed by atoms with Gasteiger partial charge in [-0.25, -0.2) is 0 Å². The largest absolute Gasteiger partial charge is 0.512 e. The van der Waals surface area contributed by atoms with Crippen LogP contribution in [0, 0.1) is 178 Å². The van der Waals surface area contributed by atoms with Gasteiger partial charge in [-0.05, 0) is 116 Å². The van der Waals surface area contributed by atoms with Crippen molar-refractivity contribution in [3.8, 4) is 45.0 Å². The minimum absolute atomic E-state index is 0. The maximum Gasteiger partial charge on any atom is 0.164 e. The number of ketones is 4.